The van der Waals surface area contributed by atoms with Gasteiger partial charge in [0.2, 0.25) is 0 Å². The number of rotatable bonds is 5. The fourth-order valence-corrected chi connectivity index (χ4v) is 10.7. The summed E-state index contributed by atoms with van der Waals surface area (Å²) in [6.45, 7) is 0. The Kier molecular flexibility index (Phi) is 7.82. The fraction of sp³-hybridized carbons (Fsp3) is 0.0167. The second kappa shape index (κ2) is 13.9. The summed E-state index contributed by atoms with van der Waals surface area (Å²) in [6, 6.07) is 86.4. The number of anilines is 3. The molecule has 3 nitrogen and oxygen atoms in total. The van der Waals surface area contributed by atoms with Gasteiger partial charge in [-0.1, -0.05) is 182 Å². The molecule has 0 amide bonds. The first-order valence-electron chi connectivity index (χ1n) is 21.7. The minimum Gasteiger partial charge on any atom is -0.309 e. The van der Waals surface area contributed by atoms with Crippen molar-refractivity contribution in [3.05, 3.63) is 259 Å². The molecule has 0 radical (unpaired) electrons. The summed E-state index contributed by atoms with van der Waals surface area (Å²) in [7, 11) is 0. The van der Waals surface area contributed by atoms with Crippen molar-refractivity contribution in [2.75, 3.05) is 4.90 Å². The first kappa shape index (κ1) is 35.5. The van der Waals surface area contributed by atoms with Crippen LogP contribution < -0.4 is 4.90 Å². The molecule has 0 saturated heterocycles. The summed E-state index contributed by atoms with van der Waals surface area (Å²) < 4.78 is 2.38. The Hall–Kier alpha value is -8.27. The molecule has 0 unspecified atom stereocenters. The number of pyridine rings is 1. The van der Waals surface area contributed by atoms with Crippen LogP contribution in [0.15, 0.2) is 237 Å². The van der Waals surface area contributed by atoms with Crippen LogP contribution in [0.3, 0.4) is 0 Å². The maximum absolute atomic E-state index is 5.59. The first-order valence-corrected chi connectivity index (χ1v) is 21.7. The monoisotopic (exact) mass is 801 g/mol. The lowest BCUT2D eigenvalue weighted by molar-refractivity contribution is 0.751. The Morgan fingerprint density at radius 1 is 0.333 bits per heavy atom. The largest absolute Gasteiger partial charge is 0.309 e. The lowest BCUT2D eigenvalue weighted by Gasteiger charge is -2.45. The van der Waals surface area contributed by atoms with E-state index in [-0.39, 0.29) is 0 Å². The van der Waals surface area contributed by atoms with Crippen LogP contribution in [0.2, 0.25) is 0 Å². The van der Waals surface area contributed by atoms with E-state index >= 15 is 0 Å². The van der Waals surface area contributed by atoms with Gasteiger partial charge in [-0.3, -0.25) is 4.90 Å². The van der Waals surface area contributed by atoms with Gasteiger partial charge < -0.3 is 4.57 Å². The SMILES string of the molecule is c1ccc(-c2cc(-c3ccccc3)nc(N3c4ccccc4C4(c5ccccc5-c5ccccc54)c4ccc(-c5ccc6c(c5)c5ccccc5n6-c5ccccc5)cc43)c2)cc1. The highest BCUT2D eigenvalue weighted by Crippen LogP contribution is 2.63. The highest BCUT2D eigenvalue weighted by molar-refractivity contribution is 6.10. The Morgan fingerprint density at radius 2 is 0.889 bits per heavy atom. The summed E-state index contributed by atoms with van der Waals surface area (Å²) in [5, 5.41) is 2.46. The molecule has 13 rings (SSSR count). The number of fused-ring (bicyclic) bond motifs is 12. The summed E-state index contributed by atoms with van der Waals surface area (Å²) in [5.74, 6) is 0.872. The van der Waals surface area contributed by atoms with Gasteiger partial charge >= 0.3 is 0 Å². The average Bonchev–Trinajstić information content (AvgIpc) is 3.85. The van der Waals surface area contributed by atoms with Crippen LogP contribution in [-0.2, 0) is 5.41 Å². The van der Waals surface area contributed by atoms with Gasteiger partial charge in [-0.15, -0.1) is 0 Å². The minimum atomic E-state index is -0.555. The van der Waals surface area contributed by atoms with Gasteiger partial charge in [-0.2, -0.15) is 0 Å². The Bertz CT molecular complexity index is 3470. The zero-order valence-corrected chi connectivity index (χ0v) is 34.4. The van der Waals surface area contributed by atoms with Crippen LogP contribution in [0.5, 0.6) is 0 Å². The summed E-state index contributed by atoms with van der Waals surface area (Å²) in [6.07, 6.45) is 0. The van der Waals surface area contributed by atoms with Gasteiger partial charge in [0, 0.05) is 22.0 Å². The van der Waals surface area contributed by atoms with Gasteiger partial charge in [0.05, 0.1) is 33.5 Å². The van der Waals surface area contributed by atoms with E-state index in [4.69, 9.17) is 4.98 Å². The first-order chi connectivity index (χ1) is 31.3. The number of aromatic nitrogens is 2. The number of benzene rings is 9. The van der Waals surface area contributed by atoms with Crippen molar-refractivity contribution in [2.45, 2.75) is 5.41 Å². The van der Waals surface area contributed by atoms with Crippen LogP contribution in [0, 0.1) is 0 Å². The predicted octanol–water partition coefficient (Wildman–Crippen LogP) is 15.3. The lowest BCUT2D eigenvalue weighted by Crippen LogP contribution is -2.36. The predicted molar refractivity (Wildman–Crippen MR) is 260 cm³/mol. The van der Waals surface area contributed by atoms with Gasteiger partial charge in [0.1, 0.15) is 5.82 Å². The molecule has 2 aliphatic rings. The van der Waals surface area contributed by atoms with Crippen molar-refractivity contribution in [1.29, 1.82) is 0 Å². The van der Waals surface area contributed by atoms with Crippen molar-refractivity contribution in [3.8, 4) is 50.3 Å². The number of hydrogen-bond acceptors (Lipinski definition) is 2. The second-order valence-electron chi connectivity index (χ2n) is 16.7. The maximum atomic E-state index is 5.59. The van der Waals surface area contributed by atoms with Crippen LogP contribution in [0.1, 0.15) is 22.3 Å². The summed E-state index contributed by atoms with van der Waals surface area (Å²) in [5.41, 5.74) is 19.4. The van der Waals surface area contributed by atoms with Gasteiger partial charge in [-0.25, -0.2) is 4.98 Å². The normalized spacial score (nSPS) is 13.2. The van der Waals surface area contributed by atoms with E-state index in [9.17, 15) is 0 Å². The van der Waals surface area contributed by atoms with Crippen LogP contribution in [0.25, 0.3) is 72.1 Å². The molecule has 0 N–H and O–H groups in total. The number of para-hydroxylation sites is 3. The Labute approximate surface area is 366 Å². The molecular formula is C60H39N3. The van der Waals surface area contributed by atoms with Crippen molar-refractivity contribution in [3.63, 3.8) is 0 Å². The third-order valence-electron chi connectivity index (χ3n) is 13.4. The van der Waals surface area contributed by atoms with Crippen LogP contribution in [-0.4, -0.2) is 9.55 Å². The highest BCUT2D eigenvalue weighted by Gasteiger charge is 2.51. The molecule has 9 aromatic carbocycles. The molecule has 0 fully saturated rings. The lowest BCUT2D eigenvalue weighted by atomic mass is 9.64. The average molecular weight is 802 g/mol. The van der Waals surface area contributed by atoms with Gasteiger partial charge in [0.15, 0.2) is 0 Å². The zero-order chi connectivity index (χ0) is 41.5. The molecule has 0 saturated carbocycles. The van der Waals surface area contributed by atoms with E-state index in [1.54, 1.807) is 0 Å². The molecule has 0 atom stereocenters. The van der Waals surface area contributed by atoms with E-state index in [1.165, 1.54) is 55.2 Å². The third kappa shape index (κ3) is 5.23. The van der Waals surface area contributed by atoms with Crippen LogP contribution in [0.4, 0.5) is 17.2 Å². The second-order valence-corrected chi connectivity index (χ2v) is 16.7. The molecular weight excluding hydrogens is 763 g/mol. The Balaban J connectivity index is 1.10. The molecule has 1 spiro atoms. The molecule has 3 heteroatoms. The topological polar surface area (TPSA) is 21.1 Å². The molecule has 3 heterocycles. The minimum absolute atomic E-state index is 0.555. The van der Waals surface area contributed by atoms with E-state index in [1.807, 2.05) is 0 Å². The standard InChI is InChI=1S/C60H39N3/c1-4-18-40(19-5-1)44-37-54(41-20-6-2-7-21-41)61-59(39-44)63-57-31-17-15-29-52(57)60(50-27-13-10-24-46(50)47-25-11-14-28-51(47)60)53-34-32-43(38-58(53)63)42-33-35-56-49(36-42)48-26-12-16-30-55(48)62(56)45-22-8-3-9-23-45/h1-39H. The van der Waals surface area contributed by atoms with Crippen LogP contribution >= 0.6 is 0 Å². The van der Waals surface area contributed by atoms with Crippen molar-refractivity contribution >= 4 is 39.0 Å². The van der Waals surface area contributed by atoms with E-state index in [2.05, 4.69) is 246 Å². The molecule has 294 valence electrons. The molecule has 1 aliphatic heterocycles. The maximum Gasteiger partial charge on any atom is 0.138 e. The van der Waals surface area contributed by atoms with E-state index in [0.29, 0.717) is 0 Å². The smallest absolute Gasteiger partial charge is 0.138 e. The zero-order valence-electron chi connectivity index (χ0n) is 34.4. The molecule has 11 aromatic rings. The van der Waals surface area contributed by atoms with Gasteiger partial charge in [0.25, 0.3) is 0 Å². The summed E-state index contributed by atoms with van der Waals surface area (Å²) in [4.78, 5) is 8.02. The molecule has 2 aromatic heterocycles. The van der Waals surface area contributed by atoms with Crippen molar-refractivity contribution < 1.29 is 0 Å². The highest BCUT2D eigenvalue weighted by atomic mass is 15.2. The van der Waals surface area contributed by atoms with E-state index in [0.717, 1.165) is 56.4 Å². The number of nitrogens with zero attached hydrogens (tertiary/aromatic N) is 3. The van der Waals surface area contributed by atoms with E-state index < -0.39 is 5.41 Å². The van der Waals surface area contributed by atoms with Gasteiger partial charge in [-0.05, 0) is 110 Å². The van der Waals surface area contributed by atoms with Crippen molar-refractivity contribution in [2.24, 2.45) is 0 Å². The number of hydrogen-bond donors (Lipinski definition) is 0. The molecule has 1 aliphatic carbocycles. The fourth-order valence-electron chi connectivity index (χ4n) is 10.7. The Morgan fingerprint density at radius 3 is 1.63 bits per heavy atom. The molecule has 63 heavy (non-hydrogen) atoms. The van der Waals surface area contributed by atoms with Crippen molar-refractivity contribution in [1.82, 2.24) is 9.55 Å². The summed E-state index contributed by atoms with van der Waals surface area (Å²) >= 11 is 0. The third-order valence-corrected chi connectivity index (χ3v) is 13.4. The molecule has 0 bridgehead atoms. The quantitative estimate of drug-likeness (QED) is 0.173.